The Morgan fingerprint density at radius 1 is 0.186 bits per heavy atom. The first kappa shape index (κ1) is 45.3. The van der Waals surface area contributed by atoms with E-state index in [4.69, 9.17) is 11.0 Å². The van der Waals surface area contributed by atoms with Crippen LogP contribution in [-0.4, -0.2) is 0 Å². The third-order valence-electron chi connectivity index (χ3n) is 16.2. The van der Waals surface area contributed by atoms with Gasteiger partial charge >= 0.3 is 0 Å². The first-order valence-corrected chi connectivity index (χ1v) is 32.0. The fraction of sp³-hybridized carbons (Fsp3) is 0. The third kappa shape index (κ3) is 9.80. The topological polar surface area (TPSA) is 34.1 Å². The molecular formula is C82H58O2P2. The Morgan fingerprint density at radius 3 is 0.651 bits per heavy atom. The lowest BCUT2D eigenvalue weighted by Gasteiger charge is -2.21. The maximum atomic E-state index is 15.3. The average molecular weight is 1150 g/mol. The molecule has 0 fully saturated rings. The van der Waals surface area contributed by atoms with Crippen LogP contribution < -0.4 is 31.8 Å². The minimum atomic E-state index is -3.34. The third-order valence-corrected chi connectivity index (χ3v) is 22.3. The summed E-state index contributed by atoms with van der Waals surface area (Å²) in [5.41, 5.74) is 8.57. The lowest BCUT2D eigenvalue weighted by atomic mass is 9.86. The molecule has 0 amide bonds. The summed E-state index contributed by atoms with van der Waals surface area (Å²) in [6, 6.07) is 96.0. The first-order chi connectivity index (χ1) is 45.8. The maximum absolute atomic E-state index is 15.3. The predicted octanol–water partition coefficient (Wildman–Crippen LogP) is 19.6. The van der Waals surface area contributed by atoms with Gasteiger partial charge in [0.05, 0.1) is 11.0 Å². The molecule has 0 aliphatic carbocycles. The molecule has 0 saturated carbocycles. The van der Waals surface area contributed by atoms with E-state index >= 15 is 9.13 Å². The van der Waals surface area contributed by atoms with Crippen molar-refractivity contribution in [3.63, 3.8) is 0 Å². The fourth-order valence-corrected chi connectivity index (χ4v) is 17.4. The van der Waals surface area contributed by atoms with E-state index in [1.54, 1.807) is 54.6 Å². The minimum Gasteiger partial charge on any atom is -0.309 e. The summed E-state index contributed by atoms with van der Waals surface area (Å²) >= 11 is 0. The maximum Gasteiger partial charge on any atom is 0.171 e. The highest BCUT2D eigenvalue weighted by Gasteiger charge is 2.31. The van der Waals surface area contributed by atoms with Crippen LogP contribution >= 0.6 is 14.3 Å². The lowest BCUT2D eigenvalue weighted by molar-refractivity contribution is 0.591. The second-order valence-corrected chi connectivity index (χ2v) is 26.6. The Labute approximate surface area is 514 Å². The highest BCUT2D eigenvalue weighted by molar-refractivity contribution is 7.85. The van der Waals surface area contributed by atoms with Gasteiger partial charge in [0.15, 0.2) is 14.3 Å². The van der Waals surface area contributed by atoms with Crippen LogP contribution in [0.25, 0.3) is 98.7 Å². The normalized spacial score (nSPS) is 13.4. The van der Waals surface area contributed by atoms with Crippen molar-refractivity contribution in [1.82, 2.24) is 0 Å². The van der Waals surface area contributed by atoms with E-state index in [2.05, 4.69) is 127 Å². The van der Waals surface area contributed by atoms with E-state index in [9.17, 15) is 0 Å². The molecule has 0 aliphatic rings. The Kier molecular flexibility index (Phi) is 12.3. The summed E-state index contributed by atoms with van der Waals surface area (Å²) in [6.07, 6.45) is 0. The molecule has 4 heteroatoms. The highest BCUT2D eigenvalue weighted by Crippen LogP contribution is 2.48. The van der Waals surface area contributed by atoms with Crippen LogP contribution in [0.2, 0.25) is 0 Å². The van der Waals surface area contributed by atoms with E-state index < -0.39 is 38.5 Å². The van der Waals surface area contributed by atoms with Crippen LogP contribution in [0.4, 0.5) is 0 Å². The molecule has 1 unspecified atom stereocenters. The molecule has 408 valence electrons. The van der Waals surface area contributed by atoms with Gasteiger partial charge in [-0.05, 0) is 98.7 Å². The molecule has 15 aromatic carbocycles. The van der Waals surface area contributed by atoms with E-state index in [-0.39, 0.29) is 51.3 Å². The van der Waals surface area contributed by atoms with E-state index in [0.717, 1.165) is 32.6 Å². The average Bonchev–Trinajstić information content (AvgIpc) is 0.733. The zero-order valence-corrected chi connectivity index (χ0v) is 48.4. The molecular weight excluding hydrogens is 1080 g/mol. The Morgan fingerprint density at radius 2 is 0.372 bits per heavy atom. The van der Waals surface area contributed by atoms with Gasteiger partial charge in [-0.2, -0.15) is 0 Å². The summed E-state index contributed by atoms with van der Waals surface area (Å²) in [5, 5.41) is 9.76. The Bertz CT molecular complexity index is 5290. The standard InChI is InChI=1S/C44H31OP.C38H27OP/c45-46(36-18-8-3-9-19-36,37-28-24-33(25-29-37)32-14-4-1-5-15-32)38-30-26-35(27-31-38)44-41-22-12-10-20-39(41)43(34-16-6-2-7-17-34)40-21-11-13-23-42(40)44;39-40(30-16-6-2-7-17-30,31-18-8-3-9-19-31)32-26-24-29(25-27-32)38-35-22-12-10-20-33(35)37(28-14-4-1-5-15-28)34-21-11-13-23-36(34)38/h1-31H;1-27H/i;10D,11D,12D,13D,20D,21D,22D,23D. The quantitative estimate of drug-likeness (QED) is 0.0955. The van der Waals surface area contributed by atoms with Gasteiger partial charge in [0, 0.05) is 31.8 Å². The molecule has 0 saturated heterocycles. The first-order valence-electron chi connectivity index (χ1n) is 32.5. The minimum absolute atomic E-state index is 0.138. The van der Waals surface area contributed by atoms with Crippen molar-refractivity contribution in [3.05, 3.63) is 352 Å². The van der Waals surface area contributed by atoms with Gasteiger partial charge in [0.1, 0.15) is 0 Å². The second kappa shape index (κ2) is 23.5. The van der Waals surface area contributed by atoms with Crippen LogP contribution in [0.15, 0.2) is 352 Å². The highest BCUT2D eigenvalue weighted by atomic mass is 31.2. The number of hydrogen-bond acceptors (Lipinski definition) is 2. The number of rotatable bonds is 11. The van der Waals surface area contributed by atoms with Crippen molar-refractivity contribution in [2.75, 3.05) is 0 Å². The molecule has 15 rings (SSSR count). The SMILES string of the molecule is O=P(c1ccccc1)(c1ccc(-c2ccccc2)cc1)c1ccc(-c2c3ccccc3c(-c3ccccc3)c3ccccc23)cc1.[2H]c1c([2H])c([2H])c2c(-c3ccc(P(=O)(c4ccccc4)c4ccccc4)cc3)c3c([2H])c([2H])c([2H])c([2H])c3c(-c3ccccc3)c2c1[2H]. The molecule has 0 N–H and O–H groups in total. The number of fused-ring (bicyclic) bond motifs is 4. The van der Waals surface area contributed by atoms with Crippen LogP contribution in [0.1, 0.15) is 11.0 Å². The van der Waals surface area contributed by atoms with Crippen molar-refractivity contribution in [2.24, 2.45) is 0 Å². The summed E-state index contributed by atoms with van der Waals surface area (Å²) < 4.78 is 101. The van der Waals surface area contributed by atoms with Gasteiger partial charge in [-0.25, -0.2) is 0 Å². The van der Waals surface area contributed by atoms with Gasteiger partial charge < -0.3 is 9.13 Å². The Hall–Kier alpha value is -10.2. The summed E-state index contributed by atoms with van der Waals surface area (Å²) in [5.74, 6) is 0. The smallest absolute Gasteiger partial charge is 0.171 e. The molecule has 0 aliphatic heterocycles. The monoisotopic (exact) mass is 1140 g/mol. The van der Waals surface area contributed by atoms with Crippen molar-refractivity contribution in [3.8, 4) is 55.6 Å². The van der Waals surface area contributed by atoms with Gasteiger partial charge in [-0.1, -0.05) is 352 Å². The molecule has 15 aromatic rings. The van der Waals surface area contributed by atoms with E-state index in [0.29, 0.717) is 32.6 Å². The lowest BCUT2D eigenvalue weighted by Crippen LogP contribution is -2.24. The molecule has 0 aromatic heterocycles. The molecule has 0 spiro atoms. The van der Waals surface area contributed by atoms with Gasteiger partial charge in [0.2, 0.25) is 0 Å². The predicted molar refractivity (Wildman–Crippen MR) is 369 cm³/mol. The number of hydrogen-bond donors (Lipinski definition) is 0. The van der Waals surface area contributed by atoms with E-state index in [1.807, 2.05) is 121 Å². The van der Waals surface area contributed by atoms with E-state index in [1.165, 1.54) is 38.2 Å². The van der Waals surface area contributed by atoms with Crippen LogP contribution in [0.5, 0.6) is 0 Å². The Balaban J connectivity index is 0.000000163. The van der Waals surface area contributed by atoms with Crippen LogP contribution in [0, 0.1) is 0 Å². The molecule has 86 heavy (non-hydrogen) atoms. The van der Waals surface area contributed by atoms with Crippen LogP contribution in [0.3, 0.4) is 0 Å². The van der Waals surface area contributed by atoms with Crippen LogP contribution in [-0.2, 0) is 9.13 Å². The summed E-state index contributed by atoms with van der Waals surface area (Å²) in [4.78, 5) is 0. The molecule has 0 bridgehead atoms. The number of benzene rings is 15. The largest absolute Gasteiger partial charge is 0.309 e. The molecule has 1 atom stereocenters. The summed E-state index contributed by atoms with van der Waals surface area (Å²) in [7, 11) is -6.48. The summed E-state index contributed by atoms with van der Waals surface area (Å²) in [6.45, 7) is 0. The fourth-order valence-electron chi connectivity index (χ4n) is 12.1. The van der Waals surface area contributed by atoms with Gasteiger partial charge in [-0.15, -0.1) is 0 Å². The zero-order valence-electron chi connectivity index (χ0n) is 54.6. The van der Waals surface area contributed by atoms with Gasteiger partial charge in [0.25, 0.3) is 0 Å². The van der Waals surface area contributed by atoms with Gasteiger partial charge in [-0.3, -0.25) is 0 Å². The van der Waals surface area contributed by atoms with Crippen molar-refractivity contribution >= 4 is 89.2 Å². The van der Waals surface area contributed by atoms with Crippen molar-refractivity contribution in [1.29, 1.82) is 0 Å². The molecule has 0 heterocycles. The molecule has 2 nitrogen and oxygen atoms in total. The second-order valence-electron chi connectivity index (χ2n) is 21.1. The zero-order chi connectivity index (χ0) is 64.8. The van der Waals surface area contributed by atoms with Crippen molar-refractivity contribution < 1.29 is 20.1 Å². The molecule has 0 radical (unpaired) electrons. The van der Waals surface area contributed by atoms with Crippen molar-refractivity contribution in [2.45, 2.75) is 0 Å².